The molecule has 0 aliphatic carbocycles. The van der Waals surface area contributed by atoms with E-state index in [2.05, 4.69) is 4.98 Å². The minimum absolute atomic E-state index is 0.0717. The van der Waals surface area contributed by atoms with Gasteiger partial charge in [0.05, 0.1) is 0 Å². The van der Waals surface area contributed by atoms with E-state index in [0.29, 0.717) is 12.8 Å². The molecule has 1 aromatic rings. The first kappa shape index (κ1) is 9.86. The molecule has 3 nitrogen and oxygen atoms in total. The molecule has 13 heavy (non-hydrogen) atoms. The molecule has 0 aromatic carbocycles. The van der Waals surface area contributed by atoms with E-state index in [0.717, 1.165) is 5.56 Å². The second-order valence-electron chi connectivity index (χ2n) is 3.13. The molecule has 1 rings (SSSR count). The van der Waals surface area contributed by atoms with Crippen LogP contribution in [0.5, 0.6) is 0 Å². The second-order valence-corrected chi connectivity index (χ2v) is 3.13. The van der Waals surface area contributed by atoms with Crippen LogP contribution < -0.4 is 5.73 Å². The molecule has 1 unspecified atom stereocenters. The second kappa shape index (κ2) is 4.72. The summed E-state index contributed by atoms with van der Waals surface area (Å²) in [5, 5.41) is 0. The van der Waals surface area contributed by atoms with E-state index >= 15 is 0 Å². The maximum absolute atomic E-state index is 10.7. The van der Waals surface area contributed by atoms with Crippen LogP contribution in [0.4, 0.5) is 0 Å². The van der Waals surface area contributed by atoms with Crippen molar-refractivity contribution >= 4 is 5.78 Å². The lowest BCUT2D eigenvalue weighted by Crippen LogP contribution is -2.11. The van der Waals surface area contributed by atoms with Gasteiger partial charge in [0.25, 0.3) is 0 Å². The number of hydrogen-bond donors (Lipinski definition) is 1. The van der Waals surface area contributed by atoms with Crippen molar-refractivity contribution in [2.24, 2.45) is 5.73 Å². The van der Waals surface area contributed by atoms with E-state index in [9.17, 15) is 4.79 Å². The molecule has 0 spiro atoms. The topological polar surface area (TPSA) is 56.0 Å². The molecule has 2 N–H and O–H groups in total. The summed E-state index contributed by atoms with van der Waals surface area (Å²) in [6.07, 6.45) is 4.68. The number of pyridine rings is 1. The van der Waals surface area contributed by atoms with Gasteiger partial charge in [-0.1, -0.05) is 6.07 Å². The Labute approximate surface area is 78.0 Å². The average molecular weight is 178 g/mol. The Hall–Kier alpha value is -1.22. The monoisotopic (exact) mass is 178 g/mol. The van der Waals surface area contributed by atoms with Crippen LogP contribution in [0.3, 0.4) is 0 Å². The van der Waals surface area contributed by atoms with E-state index in [-0.39, 0.29) is 11.8 Å². The van der Waals surface area contributed by atoms with E-state index < -0.39 is 0 Å². The summed E-state index contributed by atoms with van der Waals surface area (Å²) in [4.78, 5) is 14.7. The number of rotatable bonds is 4. The van der Waals surface area contributed by atoms with Crippen LogP contribution in [0.1, 0.15) is 31.4 Å². The number of nitrogens with zero attached hydrogens (tertiary/aromatic N) is 1. The minimum Gasteiger partial charge on any atom is -0.324 e. The summed E-state index contributed by atoms with van der Waals surface area (Å²) in [7, 11) is 0. The van der Waals surface area contributed by atoms with Gasteiger partial charge in [-0.3, -0.25) is 4.98 Å². The van der Waals surface area contributed by atoms with Crippen molar-refractivity contribution in [2.75, 3.05) is 0 Å². The SMILES string of the molecule is CC(=O)CCC(N)c1cccnc1. The van der Waals surface area contributed by atoms with Crippen LogP contribution in [-0.4, -0.2) is 10.8 Å². The summed E-state index contributed by atoms with van der Waals surface area (Å²) >= 11 is 0. The fraction of sp³-hybridized carbons (Fsp3) is 0.400. The molecule has 0 bridgehead atoms. The molecule has 1 aromatic heterocycles. The van der Waals surface area contributed by atoms with Crippen molar-refractivity contribution < 1.29 is 4.79 Å². The zero-order valence-corrected chi connectivity index (χ0v) is 7.73. The van der Waals surface area contributed by atoms with Gasteiger partial charge in [0, 0.05) is 24.9 Å². The molecule has 0 radical (unpaired) electrons. The highest BCUT2D eigenvalue weighted by Crippen LogP contribution is 2.13. The van der Waals surface area contributed by atoms with E-state index in [1.165, 1.54) is 0 Å². The van der Waals surface area contributed by atoms with Crippen molar-refractivity contribution in [1.29, 1.82) is 0 Å². The number of nitrogens with two attached hydrogens (primary N) is 1. The van der Waals surface area contributed by atoms with Gasteiger partial charge in [-0.2, -0.15) is 0 Å². The Balaban J connectivity index is 2.49. The zero-order valence-electron chi connectivity index (χ0n) is 7.73. The summed E-state index contributed by atoms with van der Waals surface area (Å²) in [6.45, 7) is 1.58. The first-order valence-electron chi connectivity index (χ1n) is 4.35. The number of hydrogen-bond acceptors (Lipinski definition) is 3. The van der Waals surface area contributed by atoms with Crippen molar-refractivity contribution in [1.82, 2.24) is 4.98 Å². The van der Waals surface area contributed by atoms with E-state index in [4.69, 9.17) is 5.73 Å². The zero-order chi connectivity index (χ0) is 9.68. The molecule has 0 amide bonds. The lowest BCUT2D eigenvalue weighted by Gasteiger charge is -2.09. The molecule has 0 aliphatic rings. The normalized spacial score (nSPS) is 12.5. The van der Waals surface area contributed by atoms with Crippen LogP contribution in [0.25, 0.3) is 0 Å². The highest BCUT2D eigenvalue weighted by Gasteiger charge is 2.06. The minimum atomic E-state index is -0.0717. The molecule has 70 valence electrons. The Morgan fingerprint density at radius 3 is 3.00 bits per heavy atom. The number of Topliss-reactive ketones (excluding diaryl/α,β-unsaturated/α-hetero) is 1. The number of aromatic nitrogens is 1. The molecule has 1 heterocycles. The average Bonchev–Trinajstić information content (AvgIpc) is 2.15. The summed E-state index contributed by atoms with van der Waals surface area (Å²) in [5.74, 6) is 0.180. The predicted molar refractivity (Wildman–Crippen MR) is 51.1 cm³/mol. The number of carbonyl (C=O) groups excluding carboxylic acids is 1. The Morgan fingerprint density at radius 2 is 2.46 bits per heavy atom. The molecular formula is C10H14N2O. The smallest absolute Gasteiger partial charge is 0.129 e. The van der Waals surface area contributed by atoms with Crippen LogP contribution in [0, 0.1) is 0 Å². The molecule has 1 atom stereocenters. The van der Waals surface area contributed by atoms with Crippen molar-refractivity contribution in [3.63, 3.8) is 0 Å². The molecule has 3 heteroatoms. The van der Waals surface area contributed by atoms with Crippen LogP contribution >= 0.6 is 0 Å². The van der Waals surface area contributed by atoms with Crippen molar-refractivity contribution in [2.45, 2.75) is 25.8 Å². The predicted octanol–water partition coefficient (Wildman–Crippen LogP) is 1.45. The van der Waals surface area contributed by atoms with Gasteiger partial charge >= 0.3 is 0 Å². The quantitative estimate of drug-likeness (QED) is 0.759. The van der Waals surface area contributed by atoms with Gasteiger partial charge in [0.15, 0.2) is 0 Å². The third-order valence-electron chi connectivity index (χ3n) is 1.92. The molecule has 0 aliphatic heterocycles. The van der Waals surface area contributed by atoms with Gasteiger partial charge in [-0.25, -0.2) is 0 Å². The van der Waals surface area contributed by atoms with E-state index in [1.807, 2.05) is 12.1 Å². The Bertz CT molecular complexity index is 272. The highest BCUT2D eigenvalue weighted by atomic mass is 16.1. The van der Waals surface area contributed by atoms with Gasteiger partial charge in [0.2, 0.25) is 0 Å². The molecule has 0 fully saturated rings. The van der Waals surface area contributed by atoms with E-state index in [1.54, 1.807) is 19.3 Å². The lowest BCUT2D eigenvalue weighted by molar-refractivity contribution is -0.117. The van der Waals surface area contributed by atoms with Crippen LogP contribution in [-0.2, 0) is 4.79 Å². The third-order valence-corrected chi connectivity index (χ3v) is 1.92. The van der Waals surface area contributed by atoms with Crippen LogP contribution in [0.15, 0.2) is 24.5 Å². The Kier molecular flexibility index (Phi) is 3.58. The lowest BCUT2D eigenvalue weighted by atomic mass is 10.0. The number of carbonyl (C=O) groups is 1. The van der Waals surface area contributed by atoms with Crippen molar-refractivity contribution in [3.8, 4) is 0 Å². The van der Waals surface area contributed by atoms with Gasteiger partial charge in [0.1, 0.15) is 5.78 Å². The van der Waals surface area contributed by atoms with Gasteiger partial charge in [-0.05, 0) is 25.0 Å². The highest BCUT2D eigenvalue weighted by molar-refractivity contribution is 5.75. The summed E-state index contributed by atoms with van der Waals surface area (Å²) in [6, 6.07) is 3.71. The first-order valence-corrected chi connectivity index (χ1v) is 4.35. The van der Waals surface area contributed by atoms with Crippen LogP contribution in [0.2, 0.25) is 0 Å². The van der Waals surface area contributed by atoms with Crippen molar-refractivity contribution in [3.05, 3.63) is 30.1 Å². The molecular weight excluding hydrogens is 164 g/mol. The summed E-state index contributed by atoms with van der Waals surface area (Å²) in [5.41, 5.74) is 6.84. The maximum atomic E-state index is 10.7. The number of ketones is 1. The standard InChI is InChI=1S/C10H14N2O/c1-8(13)4-5-10(11)9-3-2-6-12-7-9/h2-3,6-7,10H,4-5,11H2,1H3. The Morgan fingerprint density at radius 1 is 1.69 bits per heavy atom. The molecule has 0 saturated heterocycles. The van der Waals surface area contributed by atoms with Gasteiger partial charge in [-0.15, -0.1) is 0 Å². The fourth-order valence-corrected chi connectivity index (χ4v) is 1.12. The maximum Gasteiger partial charge on any atom is 0.129 e. The third kappa shape index (κ3) is 3.34. The fourth-order valence-electron chi connectivity index (χ4n) is 1.12. The van der Waals surface area contributed by atoms with Gasteiger partial charge < -0.3 is 10.5 Å². The molecule has 0 saturated carbocycles. The first-order chi connectivity index (χ1) is 6.20. The summed E-state index contributed by atoms with van der Waals surface area (Å²) < 4.78 is 0. The largest absolute Gasteiger partial charge is 0.324 e.